The van der Waals surface area contributed by atoms with E-state index in [-0.39, 0.29) is 18.8 Å². The molecule has 2 aliphatic rings. The number of ether oxygens (including phenoxy) is 2. The molecule has 154 valence electrons. The highest BCUT2D eigenvalue weighted by atomic mass is 16.6. The summed E-state index contributed by atoms with van der Waals surface area (Å²) in [6, 6.07) is 9.63. The third-order valence-electron chi connectivity index (χ3n) is 5.12. The number of amides is 2. The first-order valence-electron chi connectivity index (χ1n) is 9.95. The van der Waals surface area contributed by atoms with Crippen LogP contribution in [0.4, 0.5) is 9.59 Å². The number of hydrogen-bond donors (Lipinski definition) is 1. The normalized spacial score (nSPS) is 22.0. The zero-order valence-corrected chi connectivity index (χ0v) is 17.0. The number of carbonyl (C=O) groups is 2. The molecule has 2 fully saturated rings. The smallest absolute Gasteiger partial charge is 0.410 e. The maximum absolute atomic E-state index is 12.2. The van der Waals surface area contributed by atoms with E-state index < -0.39 is 5.60 Å². The molecule has 3 rings (SSSR count). The van der Waals surface area contributed by atoms with Crippen molar-refractivity contribution < 1.29 is 19.1 Å². The van der Waals surface area contributed by atoms with Crippen molar-refractivity contribution in [3.63, 3.8) is 0 Å². The van der Waals surface area contributed by atoms with Gasteiger partial charge in [0.05, 0.1) is 0 Å². The molecule has 1 aromatic rings. The molecule has 1 N–H and O–H groups in total. The van der Waals surface area contributed by atoms with Crippen molar-refractivity contribution >= 4 is 12.2 Å². The fourth-order valence-corrected chi connectivity index (χ4v) is 3.84. The summed E-state index contributed by atoms with van der Waals surface area (Å²) in [5, 5.41) is 2.81. The molecule has 28 heavy (non-hydrogen) atoms. The van der Waals surface area contributed by atoms with Crippen LogP contribution in [0.25, 0.3) is 0 Å². The quantitative estimate of drug-likeness (QED) is 0.838. The number of hydrogen-bond acceptors (Lipinski definition) is 5. The summed E-state index contributed by atoms with van der Waals surface area (Å²) in [6.45, 7) is 10.7. The molecule has 2 atom stereocenters. The largest absolute Gasteiger partial charge is 0.445 e. The molecule has 7 nitrogen and oxygen atoms in total. The lowest BCUT2D eigenvalue weighted by Gasteiger charge is -2.26. The van der Waals surface area contributed by atoms with Crippen molar-refractivity contribution in [1.82, 2.24) is 15.1 Å². The second-order valence-electron chi connectivity index (χ2n) is 8.65. The highest BCUT2D eigenvalue weighted by molar-refractivity contribution is 5.68. The molecule has 2 heterocycles. The topological polar surface area (TPSA) is 71.1 Å². The fourth-order valence-electron chi connectivity index (χ4n) is 3.84. The van der Waals surface area contributed by atoms with Gasteiger partial charge in [-0.25, -0.2) is 9.59 Å². The third kappa shape index (κ3) is 5.86. The van der Waals surface area contributed by atoms with Gasteiger partial charge in [-0.3, -0.25) is 0 Å². The molecule has 0 bridgehead atoms. The van der Waals surface area contributed by atoms with Crippen LogP contribution < -0.4 is 5.32 Å². The summed E-state index contributed by atoms with van der Waals surface area (Å²) in [5.74, 6) is 0.968. The van der Waals surface area contributed by atoms with E-state index in [0.29, 0.717) is 18.4 Å². The standard InChI is InChI=1S/C21H31N3O4/c1-21(2,3)28-20(26)24-13-17-11-23(12-18(17)14-24)10-9-22-19(25)27-15-16-7-5-4-6-8-16/h4-8,17-18H,9-15H2,1-3H3,(H,22,25). The molecule has 0 aliphatic carbocycles. The highest BCUT2D eigenvalue weighted by Gasteiger charge is 2.42. The molecule has 2 saturated heterocycles. The van der Waals surface area contributed by atoms with Crippen LogP contribution in [-0.2, 0) is 16.1 Å². The summed E-state index contributed by atoms with van der Waals surface area (Å²) >= 11 is 0. The van der Waals surface area contributed by atoms with E-state index in [9.17, 15) is 9.59 Å². The molecule has 0 saturated carbocycles. The molecule has 2 aliphatic heterocycles. The zero-order chi connectivity index (χ0) is 20.1. The Labute approximate surface area is 167 Å². The minimum absolute atomic E-state index is 0.212. The Morgan fingerprint density at radius 1 is 1.07 bits per heavy atom. The van der Waals surface area contributed by atoms with E-state index in [0.717, 1.165) is 38.3 Å². The number of alkyl carbamates (subject to hydrolysis) is 1. The summed E-state index contributed by atoms with van der Waals surface area (Å²) < 4.78 is 10.7. The number of fused-ring (bicyclic) bond motifs is 1. The van der Waals surface area contributed by atoms with E-state index >= 15 is 0 Å². The van der Waals surface area contributed by atoms with E-state index in [1.54, 1.807) is 0 Å². The van der Waals surface area contributed by atoms with Crippen molar-refractivity contribution in [1.29, 1.82) is 0 Å². The van der Waals surface area contributed by atoms with Gasteiger partial charge < -0.3 is 24.6 Å². The lowest BCUT2D eigenvalue weighted by Crippen LogP contribution is -2.39. The van der Waals surface area contributed by atoms with Gasteiger partial charge >= 0.3 is 12.2 Å². The zero-order valence-electron chi connectivity index (χ0n) is 17.0. The Hall–Kier alpha value is -2.28. The average molecular weight is 389 g/mol. The number of rotatable bonds is 5. The summed E-state index contributed by atoms with van der Waals surface area (Å²) in [5.41, 5.74) is 0.515. The maximum atomic E-state index is 12.2. The van der Waals surface area contributed by atoms with Gasteiger partial charge in [-0.15, -0.1) is 0 Å². The Morgan fingerprint density at radius 3 is 2.32 bits per heavy atom. The SMILES string of the molecule is CC(C)(C)OC(=O)N1CC2CN(CCNC(=O)OCc3ccccc3)CC2C1. The monoisotopic (exact) mass is 389 g/mol. The number of likely N-dealkylation sites (tertiary alicyclic amines) is 2. The van der Waals surface area contributed by atoms with Gasteiger partial charge in [-0.1, -0.05) is 30.3 Å². The van der Waals surface area contributed by atoms with Gasteiger partial charge in [0.1, 0.15) is 12.2 Å². The number of nitrogens with zero attached hydrogens (tertiary/aromatic N) is 2. The van der Waals surface area contributed by atoms with Crippen LogP contribution in [0.2, 0.25) is 0 Å². The molecule has 2 amide bonds. The molecule has 0 radical (unpaired) electrons. The summed E-state index contributed by atoms with van der Waals surface area (Å²) in [6.07, 6.45) is -0.601. The van der Waals surface area contributed by atoms with Crippen LogP contribution in [-0.4, -0.2) is 66.9 Å². The van der Waals surface area contributed by atoms with Crippen LogP contribution in [0, 0.1) is 11.8 Å². The van der Waals surface area contributed by atoms with Crippen molar-refractivity contribution in [2.45, 2.75) is 33.0 Å². The average Bonchev–Trinajstić information content (AvgIpc) is 3.18. The van der Waals surface area contributed by atoms with Gasteiger partial charge in [-0.2, -0.15) is 0 Å². The first-order valence-corrected chi connectivity index (χ1v) is 9.95. The molecule has 0 spiro atoms. The number of benzene rings is 1. The van der Waals surface area contributed by atoms with E-state index in [1.165, 1.54) is 0 Å². The van der Waals surface area contributed by atoms with Crippen LogP contribution in [0.3, 0.4) is 0 Å². The van der Waals surface area contributed by atoms with Crippen LogP contribution in [0.5, 0.6) is 0 Å². The molecule has 2 unspecified atom stereocenters. The lowest BCUT2D eigenvalue weighted by atomic mass is 10.0. The number of carbonyl (C=O) groups excluding carboxylic acids is 2. The molecule has 7 heteroatoms. The van der Waals surface area contributed by atoms with Crippen molar-refractivity contribution in [3.8, 4) is 0 Å². The first kappa shape index (κ1) is 20.5. The molecular weight excluding hydrogens is 358 g/mol. The molecular formula is C21H31N3O4. The van der Waals surface area contributed by atoms with Gasteiger partial charge in [0.2, 0.25) is 0 Å². The Morgan fingerprint density at radius 2 is 1.71 bits per heavy atom. The van der Waals surface area contributed by atoms with E-state index in [2.05, 4.69) is 10.2 Å². The van der Waals surface area contributed by atoms with Crippen molar-refractivity contribution in [3.05, 3.63) is 35.9 Å². The predicted octanol–water partition coefficient (Wildman–Crippen LogP) is 2.71. The summed E-state index contributed by atoms with van der Waals surface area (Å²) in [4.78, 5) is 28.2. The minimum Gasteiger partial charge on any atom is -0.445 e. The molecule has 1 aromatic carbocycles. The third-order valence-corrected chi connectivity index (χ3v) is 5.12. The van der Waals surface area contributed by atoms with Gasteiger partial charge in [0.25, 0.3) is 0 Å². The van der Waals surface area contributed by atoms with Gasteiger partial charge in [0.15, 0.2) is 0 Å². The molecule has 0 aromatic heterocycles. The Bertz CT molecular complexity index is 660. The predicted molar refractivity (Wildman–Crippen MR) is 106 cm³/mol. The maximum Gasteiger partial charge on any atom is 0.410 e. The highest BCUT2D eigenvalue weighted by Crippen LogP contribution is 2.31. The second kappa shape index (κ2) is 8.82. The van der Waals surface area contributed by atoms with Crippen LogP contribution in [0.1, 0.15) is 26.3 Å². The van der Waals surface area contributed by atoms with Crippen LogP contribution >= 0.6 is 0 Å². The Balaban J connectivity index is 1.31. The van der Waals surface area contributed by atoms with Crippen molar-refractivity contribution in [2.24, 2.45) is 11.8 Å². The second-order valence-corrected chi connectivity index (χ2v) is 8.65. The van der Waals surface area contributed by atoms with Gasteiger partial charge in [-0.05, 0) is 38.2 Å². The van der Waals surface area contributed by atoms with Gasteiger partial charge in [0, 0.05) is 39.3 Å². The van der Waals surface area contributed by atoms with E-state index in [1.807, 2.05) is 56.0 Å². The lowest BCUT2D eigenvalue weighted by molar-refractivity contribution is 0.0274. The fraction of sp³-hybridized carbons (Fsp3) is 0.619. The van der Waals surface area contributed by atoms with Crippen molar-refractivity contribution in [2.75, 3.05) is 39.3 Å². The first-order chi connectivity index (χ1) is 13.3. The Kier molecular flexibility index (Phi) is 6.44. The van der Waals surface area contributed by atoms with E-state index in [4.69, 9.17) is 9.47 Å². The number of nitrogens with one attached hydrogen (secondary N) is 1. The van der Waals surface area contributed by atoms with Crippen LogP contribution in [0.15, 0.2) is 30.3 Å². The minimum atomic E-state index is -0.457. The summed E-state index contributed by atoms with van der Waals surface area (Å²) in [7, 11) is 0.